The van der Waals surface area contributed by atoms with Crippen LogP contribution in [-0.4, -0.2) is 28.9 Å². The van der Waals surface area contributed by atoms with E-state index in [1.54, 1.807) is 0 Å². The van der Waals surface area contributed by atoms with Crippen LogP contribution in [0, 0.1) is 0 Å². The summed E-state index contributed by atoms with van der Waals surface area (Å²) in [6.07, 6.45) is 12.4. The van der Waals surface area contributed by atoms with E-state index in [0.29, 0.717) is 12.8 Å². The van der Waals surface area contributed by atoms with Crippen LogP contribution in [0.3, 0.4) is 0 Å². The molecule has 8 nitrogen and oxygen atoms in total. The summed E-state index contributed by atoms with van der Waals surface area (Å²) in [6.45, 7) is 4.56. The topological polar surface area (TPSA) is 160 Å². The van der Waals surface area contributed by atoms with Crippen LogP contribution in [0.15, 0.2) is 0 Å². The molecular weight excluding hydrogens is 585 g/mol. The third-order valence-corrected chi connectivity index (χ3v) is 7.97. The molecular formula is C17H42N2O6P2Pt. The first kappa shape index (κ1) is 36.3. The van der Waals surface area contributed by atoms with E-state index < -0.39 is 21.1 Å². The molecule has 2 atom stereocenters. The molecule has 28 heavy (non-hydrogen) atoms. The Bertz CT molecular complexity index is 383. The van der Waals surface area contributed by atoms with Crippen LogP contribution in [0.1, 0.15) is 90.9 Å². The minimum atomic E-state index is -4.08. The van der Waals surface area contributed by atoms with Crippen LogP contribution < -0.4 is 0 Å². The molecule has 0 fully saturated rings. The predicted molar refractivity (Wildman–Crippen MR) is 114 cm³/mol. The third-order valence-electron chi connectivity index (χ3n) is 3.94. The van der Waals surface area contributed by atoms with Crippen LogP contribution in [-0.2, 0) is 39.2 Å². The summed E-state index contributed by atoms with van der Waals surface area (Å²) in [5, 5.41) is 0. The van der Waals surface area contributed by atoms with Crippen LogP contribution in [0.5, 0.6) is 0 Å². The Morgan fingerprint density at radius 3 is 1.21 bits per heavy atom. The molecule has 11 heteroatoms. The Balaban J connectivity index is -0.000000960. The van der Waals surface area contributed by atoms with Crippen LogP contribution in [0.4, 0.5) is 0 Å². The van der Waals surface area contributed by atoms with E-state index in [-0.39, 0.29) is 46.6 Å². The second-order valence-corrected chi connectivity index (χ2v) is 10.8. The van der Waals surface area contributed by atoms with Crippen molar-refractivity contribution in [1.29, 1.82) is 0 Å². The van der Waals surface area contributed by atoms with Crippen molar-refractivity contribution < 1.29 is 49.0 Å². The third kappa shape index (κ3) is 24.9. The first-order valence-corrected chi connectivity index (χ1v) is 13.3. The zero-order valence-electron chi connectivity index (χ0n) is 17.5. The molecule has 0 heterocycles. The maximum absolute atomic E-state index is 11.9. The van der Waals surface area contributed by atoms with Crippen LogP contribution in [0.2, 0.25) is 0 Å². The molecule has 0 aromatic heterocycles. The van der Waals surface area contributed by atoms with Crippen molar-refractivity contribution in [3.05, 3.63) is 12.3 Å². The van der Waals surface area contributed by atoms with Crippen LogP contribution >= 0.6 is 15.2 Å². The summed E-state index contributed by atoms with van der Waals surface area (Å²) in [7, 11) is -8.17. The molecule has 0 aliphatic rings. The summed E-state index contributed by atoms with van der Waals surface area (Å²) in [6, 6.07) is 0. The van der Waals surface area contributed by atoms with Gasteiger partial charge in [-0.05, 0) is 12.8 Å². The minimum absolute atomic E-state index is 0. The Kier molecular flexibility index (Phi) is 29.3. The summed E-state index contributed by atoms with van der Waals surface area (Å²) in [5.41, 5.74) is 0. The summed E-state index contributed by atoms with van der Waals surface area (Å²) in [5.74, 6) is -0.828. The van der Waals surface area contributed by atoms with Gasteiger partial charge in [0.15, 0.2) is 5.90 Å². The molecule has 0 aliphatic carbocycles. The van der Waals surface area contributed by atoms with E-state index in [9.17, 15) is 18.9 Å². The van der Waals surface area contributed by atoms with E-state index in [2.05, 4.69) is 13.8 Å². The van der Waals surface area contributed by atoms with Crippen molar-refractivity contribution >= 4 is 15.2 Å². The number of unbranched alkanes of at least 4 members (excludes halogenated alkanes) is 10. The number of hydrogen-bond acceptors (Lipinski definition) is 4. The van der Waals surface area contributed by atoms with Crippen molar-refractivity contribution in [2.45, 2.75) is 90.9 Å². The molecule has 2 unspecified atom stereocenters. The van der Waals surface area contributed by atoms with Gasteiger partial charge < -0.3 is 31.1 Å². The van der Waals surface area contributed by atoms with Gasteiger partial charge in [-0.25, -0.2) is 0 Å². The average molecular weight is 628 g/mol. The van der Waals surface area contributed by atoms with Gasteiger partial charge in [0.2, 0.25) is 0 Å². The molecule has 0 saturated heterocycles. The summed E-state index contributed by atoms with van der Waals surface area (Å²) >= 11 is 0. The Hall–Kier alpha value is 0.908. The smallest absolute Gasteiger partial charge is 0.693 e. The number of nitrogens with two attached hydrogens (primary N) is 2. The number of rotatable bonds is 18. The fourth-order valence-electron chi connectivity index (χ4n) is 2.49. The van der Waals surface area contributed by atoms with Gasteiger partial charge in [-0.1, -0.05) is 78.1 Å². The second kappa shape index (κ2) is 22.6. The standard InChI is InChI=1S/C17H38O6P2.2H2N.Pt/c1-3-5-7-9-11-13-15-22-24(18,19)17-25(20,21)23-16-14-12-10-8-6-4-2;;;/h3-17H2,1-2H3,(H,18,19)(H,20,21);2*1H2;/q;2*-1;+2. The van der Waals surface area contributed by atoms with E-state index >= 15 is 0 Å². The SMILES string of the molecule is CCCCCCCCOP(=O)(O)CP(=O)(O)OCCCCCCCC.[NH2-].[NH2-].[Pt+2]. The second-order valence-electron chi connectivity index (χ2n) is 6.62. The molecule has 6 N–H and O–H groups in total. The normalized spacial score (nSPS) is 14.7. The van der Waals surface area contributed by atoms with E-state index in [0.717, 1.165) is 38.5 Å². The van der Waals surface area contributed by atoms with Gasteiger partial charge in [0.25, 0.3) is 0 Å². The molecule has 0 aromatic rings. The molecule has 0 amide bonds. The average Bonchev–Trinajstić information content (AvgIpc) is 2.52. The molecule has 0 rings (SSSR count). The maximum Gasteiger partial charge on any atom is 2.00 e. The summed E-state index contributed by atoms with van der Waals surface area (Å²) < 4.78 is 33.7. The van der Waals surface area contributed by atoms with Crippen molar-refractivity contribution in [3.63, 3.8) is 0 Å². The van der Waals surface area contributed by atoms with Crippen molar-refractivity contribution in [3.8, 4) is 0 Å². The predicted octanol–water partition coefficient (Wildman–Crippen LogP) is 7.50. The van der Waals surface area contributed by atoms with Gasteiger partial charge in [-0.3, -0.25) is 9.13 Å². The zero-order chi connectivity index (χ0) is 19.0. The zero-order valence-corrected chi connectivity index (χ0v) is 21.6. The maximum atomic E-state index is 11.9. The quantitative estimate of drug-likeness (QED) is 0.118. The van der Waals surface area contributed by atoms with Crippen molar-refractivity contribution in [2.75, 3.05) is 19.1 Å². The molecule has 0 bridgehead atoms. The molecule has 0 aromatic carbocycles. The van der Waals surface area contributed by atoms with Crippen molar-refractivity contribution in [1.82, 2.24) is 0 Å². The van der Waals surface area contributed by atoms with Gasteiger partial charge in [0.05, 0.1) is 13.2 Å². The molecule has 176 valence electrons. The fourth-order valence-corrected chi connectivity index (χ4v) is 5.78. The number of hydrogen-bond donors (Lipinski definition) is 2. The Morgan fingerprint density at radius 1 is 0.607 bits per heavy atom. The molecule has 0 radical (unpaired) electrons. The first-order valence-electron chi connectivity index (χ1n) is 9.75. The van der Waals surface area contributed by atoms with E-state index in [4.69, 9.17) is 9.05 Å². The monoisotopic (exact) mass is 627 g/mol. The van der Waals surface area contributed by atoms with E-state index in [1.165, 1.54) is 25.7 Å². The van der Waals surface area contributed by atoms with Gasteiger partial charge >= 0.3 is 36.3 Å². The van der Waals surface area contributed by atoms with E-state index in [1.807, 2.05) is 0 Å². The first-order chi connectivity index (χ1) is 11.8. The molecule has 0 aliphatic heterocycles. The molecule has 0 spiro atoms. The van der Waals surface area contributed by atoms with Gasteiger partial charge in [-0.2, -0.15) is 0 Å². The Morgan fingerprint density at radius 2 is 0.893 bits per heavy atom. The van der Waals surface area contributed by atoms with Gasteiger partial charge in [0.1, 0.15) is 0 Å². The van der Waals surface area contributed by atoms with Gasteiger partial charge in [-0.15, -0.1) is 0 Å². The minimum Gasteiger partial charge on any atom is -0.693 e. The van der Waals surface area contributed by atoms with Crippen LogP contribution in [0.25, 0.3) is 12.3 Å². The fraction of sp³-hybridized carbons (Fsp3) is 1.00. The summed E-state index contributed by atoms with van der Waals surface area (Å²) in [4.78, 5) is 19.4. The Labute approximate surface area is 186 Å². The molecule has 0 saturated carbocycles. The largest absolute Gasteiger partial charge is 2.00 e. The van der Waals surface area contributed by atoms with Crippen molar-refractivity contribution in [2.24, 2.45) is 0 Å². The van der Waals surface area contributed by atoms with Gasteiger partial charge in [0, 0.05) is 0 Å².